The Morgan fingerprint density at radius 3 is 2.81 bits per heavy atom. The number of hydrogen-bond acceptors (Lipinski definition) is 4. The van der Waals surface area contributed by atoms with Gasteiger partial charge >= 0.3 is 0 Å². The third-order valence-corrected chi connectivity index (χ3v) is 5.02. The number of para-hydroxylation sites is 1. The molecule has 110 valence electrons. The first kappa shape index (κ1) is 14.2. The zero-order valence-electron chi connectivity index (χ0n) is 10.9. The van der Waals surface area contributed by atoms with E-state index in [-0.39, 0.29) is 17.2 Å². The summed E-state index contributed by atoms with van der Waals surface area (Å²) >= 11 is 5.85. The summed E-state index contributed by atoms with van der Waals surface area (Å²) in [7, 11) is -3.78. The van der Waals surface area contributed by atoms with Crippen LogP contribution in [-0.4, -0.2) is 15.0 Å². The van der Waals surface area contributed by atoms with Gasteiger partial charge < -0.3 is 10.5 Å². The minimum atomic E-state index is -3.78. The lowest BCUT2D eigenvalue weighted by Gasteiger charge is -2.14. The molecule has 1 heterocycles. The Balaban J connectivity index is 1.93. The van der Waals surface area contributed by atoms with E-state index in [1.54, 1.807) is 12.1 Å². The third-order valence-electron chi connectivity index (χ3n) is 3.26. The molecule has 3 N–H and O–H groups in total. The highest BCUT2D eigenvalue weighted by atomic mass is 35.5. The number of sulfonamides is 1. The maximum absolute atomic E-state index is 12.5. The number of nitrogens with one attached hydrogen (secondary N) is 1. The summed E-state index contributed by atoms with van der Waals surface area (Å²) in [5.41, 5.74) is 6.69. The number of nitrogen functional groups attached to an aromatic ring is 1. The Bertz CT molecular complexity index is 793. The van der Waals surface area contributed by atoms with Gasteiger partial charge in [-0.2, -0.15) is 4.72 Å². The molecule has 0 amide bonds. The Kier molecular flexibility index (Phi) is 3.52. The smallest absolute Gasteiger partial charge is 0.243 e. The molecule has 0 saturated carbocycles. The molecule has 1 unspecified atom stereocenters. The van der Waals surface area contributed by atoms with Crippen LogP contribution in [-0.2, 0) is 10.0 Å². The topological polar surface area (TPSA) is 81.4 Å². The van der Waals surface area contributed by atoms with Gasteiger partial charge in [0.05, 0.1) is 11.7 Å². The summed E-state index contributed by atoms with van der Waals surface area (Å²) < 4.78 is 33.0. The van der Waals surface area contributed by atoms with Gasteiger partial charge in [-0.1, -0.05) is 29.8 Å². The van der Waals surface area contributed by atoms with Gasteiger partial charge in [0, 0.05) is 10.6 Å². The highest BCUT2D eigenvalue weighted by molar-refractivity contribution is 7.89. The van der Waals surface area contributed by atoms with Crippen molar-refractivity contribution in [1.29, 1.82) is 0 Å². The van der Waals surface area contributed by atoms with Gasteiger partial charge in [-0.15, -0.1) is 0 Å². The Morgan fingerprint density at radius 2 is 2.00 bits per heavy atom. The normalized spacial score (nSPS) is 17.3. The van der Waals surface area contributed by atoms with Gasteiger partial charge in [-0.05, 0) is 24.3 Å². The van der Waals surface area contributed by atoms with Gasteiger partial charge in [0.25, 0.3) is 0 Å². The standard InChI is InChI=1S/C14H13ClN2O3S/c15-9-5-6-11(16)14(7-9)21(18,19)17-12-8-20-13-4-2-1-3-10(12)13/h1-7,12,17H,8,16H2. The van der Waals surface area contributed by atoms with Gasteiger partial charge in [0.1, 0.15) is 17.3 Å². The largest absolute Gasteiger partial charge is 0.491 e. The summed E-state index contributed by atoms with van der Waals surface area (Å²) in [5.74, 6) is 0.685. The summed E-state index contributed by atoms with van der Waals surface area (Å²) in [6, 6.07) is 11.2. The fourth-order valence-electron chi connectivity index (χ4n) is 2.25. The molecule has 0 aliphatic carbocycles. The van der Waals surface area contributed by atoms with Crippen LogP contribution < -0.4 is 15.2 Å². The molecule has 0 fully saturated rings. The van der Waals surface area contributed by atoms with Crippen molar-refractivity contribution in [2.75, 3.05) is 12.3 Å². The number of fused-ring (bicyclic) bond motifs is 1. The summed E-state index contributed by atoms with van der Waals surface area (Å²) in [6.45, 7) is 0.249. The average molecular weight is 325 g/mol. The number of anilines is 1. The fourth-order valence-corrected chi connectivity index (χ4v) is 3.85. The van der Waals surface area contributed by atoms with E-state index in [1.807, 2.05) is 18.2 Å². The van der Waals surface area contributed by atoms with Gasteiger partial charge in [-0.25, -0.2) is 8.42 Å². The lowest BCUT2D eigenvalue weighted by molar-refractivity contribution is 0.325. The van der Waals surface area contributed by atoms with Crippen LogP contribution in [0.1, 0.15) is 11.6 Å². The van der Waals surface area contributed by atoms with E-state index in [2.05, 4.69) is 4.72 Å². The zero-order valence-corrected chi connectivity index (χ0v) is 12.5. The maximum atomic E-state index is 12.5. The first-order valence-corrected chi connectivity index (χ1v) is 8.12. The van der Waals surface area contributed by atoms with Crippen LogP contribution in [0, 0.1) is 0 Å². The molecule has 1 aliphatic rings. The second kappa shape index (κ2) is 5.22. The van der Waals surface area contributed by atoms with Crippen LogP contribution in [0.4, 0.5) is 5.69 Å². The van der Waals surface area contributed by atoms with Crippen molar-refractivity contribution in [3.05, 3.63) is 53.1 Å². The first-order chi connectivity index (χ1) is 9.97. The molecule has 3 rings (SSSR count). The van der Waals surface area contributed by atoms with Crippen molar-refractivity contribution in [2.45, 2.75) is 10.9 Å². The van der Waals surface area contributed by atoms with Crippen molar-refractivity contribution < 1.29 is 13.2 Å². The predicted molar refractivity (Wildman–Crippen MR) is 80.9 cm³/mol. The highest BCUT2D eigenvalue weighted by Gasteiger charge is 2.29. The second-order valence-corrected chi connectivity index (χ2v) is 6.82. The minimum absolute atomic E-state index is 0.0284. The molecule has 0 radical (unpaired) electrons. The van der Waals surface area contributed by atoms with Crippen molar-refractivity contribution in [3.63, 3.8) is 0 Å². The molecule has 0 bridgehead atoms. The van der Waals surface area contributed by atoms with Gasteiger partial charge in [-0.3, -0.25) is 0 Å². The molecular formula is C14H13ClN2O3S. The van der Waals surface area contributed by atoms with E-state index in [1.165, 1.54) is 12.1 Å². The molecular weight excluding hydrogens is 312 g/mol. The minimum Gasteiger partial charge on any atom is -0.491 e. The fraction of sp³-hybridized carbons (Fsp3) is 0.143. The lowest BCUT2D eigenvalue weighted by atomic mass is 10.1. The number of halogens is 1. The van der Waals surface area contributed by atoms with E-state index < -0.39 is 16.1 Å². The van der Waals surface area contributed by atoms with E-state index in [0.29, 0.717) is 10.8 Å². The second-order valence-electron chi connectivity index (χ2n) is 4.70. The predicted octanol–water partition coefficient (Wildman–Crippen LogP) is 2.33. The van der Waals surface area contributed by atoms with Crippen molar-refractivity contribution in [3.8, 4) is 5.75 Å². The van der Waals surface area contributed by atoms with E-state index in [0.717, 1.165) is 5.56 Å². The van der Waals surface area contributed by atoms with Crippen LogP contribution in [0.3, 0.4) is 0 Å². The molecule has 1 aliphatic heterocycles. The number of rotatable bonds is 3. The van der Waals surface area contributed by atoms with E-state index in [4.69, 9.17) is 22.1 Å². The monoisotopic (exact) mass is 324 g/mol. The molecule has 2 aromatic rings. The van der Waals surface area contributed by atoms with E-state index in [9.17, 15) is 8.42 Å². The third kappa shape index (κ3) is 2.70. The van der Waals surface area contributed by atoms with Crippen LogP contribution in [0.2, 0.25) is 5.02 Å². The number of nitrogens with two attached hydrogens (primary N) is 1. The zero-order chi connectivity index (χ0) is 15.0. The molecule has 0 saturated heterocycles. The van der Waals surface area contributed by atoms with Crippen LogP contribution in [0.15, 0.2) is 47.4 Å². The number of benzene rings is 2. The number of ether oxygens (including phenoxy) is 1. The van der Waals surface area contributed by atoms with Gasteiger partial charge in [0.15, 0.2) is 0 Å². The van der Waals surface area contributed by atoms with Crippen LogP contribution >= 0.6 is 11.6 Å². The Labute approximate surface area is 127 Å². The molecule has 0 spiro atoms. The van der Waals surface area contributed by atoms with Gasteiger partial charge in [0.2, 0.25) is 10.0 Å². The maximum Gasteiger partial charge on any atom is 0.243 e. The van der Waals surface area contributed by atoms with E-state index >= 15 is 0 Å². The summed E-state index contributed by atoms with van der Waals surface area (Å²) in [4.78, 5) is -0.0284. The molecule has 7 heteroatoms. The van der Waals surface area contributed by atoms with Crippen molar-refractivity contribution in [2.24, 2.45) is 0 Å². The molecule has 1 atom stereocenters. The van der Waals surface area contributed by atoms with Crippen molar-refractivity contribution >= 4 is 27.3 Å². The summed E-state index contributed by atoms with van der Waals surface area (Å²) in [6.07, 6.45) is 0. The number of hydrogen-bond donors (Lipinski definition) is 2. The molecule has 5 nitrogen and oxygen atoms in total. The van der Waals surface area contributed by atoms with Crippen molar-refractivity contribution in [1.82, 2.24) is 4.72 Å². The molecule has 2 aromatic carbocycles. The molecule has 21 heavy (non-hydrogen) atoms. The first-order valence-electron chi connectivity index (χ1n) is 6.26. The summed E-state index contributed by atoms with van der Waals surface area (Å²) in [5, 5.41) is 0.313. The van der Waals surface area contributed by atoms with Crippen LogP contribution in [0.25, 0.3) is 0 Å². The molecule has 0 aromatic heterocycles. The Hall–Kier alpha value is -1.76. The lowest BCUT2D eigenvalue weighted by Crippen LogP contribution is -2.30. The quantitative estimate of drug-likeness (QED) is 0.849. The SMILES string of the molecule is Nc1ccc(Cl)cc1S(=O)(=O)NC1COc2ccccc21. The highest BCUT2D eigenvalue weighted by Crippen LogP contribution is 2.33. The average Bonchev–Trinajstić information content (AvgIpc) is 2.84. The van der Waals surface area contributed by atoms with Crippen LogP contribution in [0.5, 0.6) is 5.75 Å². The Morgan fingerprint density at radius 1 is 1.24 bits per heavy atom.